The Kier molecular flexibility index (Phi) is 7.09. The Hall–Kier alpha value is -3.22. The number of ether oxygens (including phenoxy) is 2. The fraction of sp³-hybridized carbons (Fsp3) is 0.364. The number of nitrogen functional groups attached to an aromatic ring is 1. The second-order valence-corrected chi connectivity index (χ2v) is 8.10. The lowest BCUT2D eigenvalue weighted by molar-refractivity contribution is -0.126. The van der Waals surface area contributed by atoms with Crippen molar-refractivity contribution in [2.24, 2.45) is 5.92 Å². The van der Waals surface area contributed by atoms with Crippen LogP contribution in [0.3, 0.4) is 0 Å². The van der Waals surface area contributed by atoms with Crippen LogP contribution in [0.15, 0.2) is 48.5 Å². The Morgan fingerprint density at radius 1 is 1.00 bits per heavy atom. The molecule has 4 N–H and O–H groups in total. The molecule has 0 unspecified atom stereocenters. The second kappa shape index (κ2) is 9.32. The van der Waals surface area contributed by atoms with Crippen molar-refractivity contribution in [3.05, 3.63) is 48.5 Å². The van der Waals surface area contributed by atoms with Gasteiger partial charge in [-0.1, -0.05) is 32.0 Å². The Labute approximate surface area is 171 Å². The molecule has 2 amide bonds. The number of carbonyl (C=O) groups excluding carboxylic acids is 2. The number of amides is 2. The van der Waals surface area contributed by atoms with Gasteiger partial charge in [-0.25, -0.2) is 4.79 Å². The van der Waals surface area contributed by atoms with Crippen LogP contribution >= 0.6 is 0 Å². The summed E-state index contributed by atoms with van der Waals surface area (Å²) in [5, 5.41) is 5.42. The Morgan fingerprint density at radius 2 is 1.66 bits per heavy atom. The number of carbonyl (C=O) groups is 2. The minimum atomic E-state index is -0.976. The number of benzene rings is 2. The number of hydrogen-bond acceptors (Lipinski definition) is 5. The van der Waals surface area contributed by atoms with Crippen molar-refractivity contribution in [2.75, 3.05) is 11.1 Å². The third-order valence-corrected chi connectivity index (χ3v) is 3.84. The number of para-hydroxylation sites is 1. The Bertz CT molecular complexity index is 845. The molecule has 0 saturated heterocycles. The first-order valence-electron chi connectivity index (χ1n) is 9.47. The molecule has 29 heavy (non-hydrogen) atoms. The molecule has 0 aliphatic heterocycles. The standard InChI is InChI=1S/C22H29N3O4/c1-14(2)19(29-21(27)25-22(3,4)5)20(26)24-18-13-16(11-12-17(18)23)28-15-9-7-6-8-10-15/h6-14,19H,23H2,1-5H3,(H,24,26)(H,25,27)/t19-/m0/s1. The van der Waals surface area contributed by atoms with Gasteiger partial charge in [-0.15, -0.1) is 0 Å². The van der Waals surface area contributed by atoms with Crippen LogP contribution in [0.25, 0.3) is 0 Å². The third-order valence-electron chi connectivity index (χ3n) is 3.84. The predicted molar refractivity (Wildman–Crippen MR) is 114 cm³/mol. The van der Waals surface area contributed by atoms with Crippen LogP contribution < -0.4 is 21.1 Å². The molecule has 2 aromatic carbocycles. The van der Waals surface area contributed by atoms with Gasteiger partial charge in [-0.05, 0) is 51.0 Å². The number of hydrogen-bond donors (Lipinski definition) is 3. The molecule has 156 valence electrons. The van der Waals surface area contributed by atoms with Crippen molar-refractivity contribution in [1.29, 1.82) is 0 Å². The number of anilines is 2. The van der Waals surface area contributed by atoms with Crippen molar-refractivity contribution in [1.82, 2.24) is 5.32 Å². The van der Waals surface area contributed by atoms with Gasteiger partial charge in [-0.3, -0.25) is 4.79 Å². The first-order chi connectivity index (χ1) is 13.5. The highest BCUT2D eigenvalue weighted by Gasteiger charge is 2.28. The van der Waals surface area contributed by atoms with Gasteiger partial charge in [0, 0.05) is 11.6 Å². The van der Waals surface area contributed by atoms with Crippen LogP contribution in [-0.4, -0.2) is 23.6 Å². The largest absolute Gasteiger partial charge is 0.457 e. The number of rotatable bonds is 6. The van der Waals surface area contributed by atoms with Crippen LogP contribution in [-0.2, 0) is 9.53 Å². The summed E-state index contributed by atoms with van der Waals surface area (Å²) in [6.45, 7) is 9.09. The minimum Gasteiger partial charge on any atom is -0.457 e. The lowest BCUT2D eigenvalue weighted by Crippen LogP contribution is -2.45. The molecule has 7 nitrogen and oxygen atoms in total. The molecule has 0 heterocycles. The van der Waals surface area contributed by atoms with E-state index < -0.39 is 23.6 Å². The molecular weight excluding hydrogens is 370 g/mol. The quantitative estimate of drug-likeness (QED) is 0.619. The molecule has 0 aliphatic rings. The van der Waals surface area contributed by atoms with Crippen molar-refractivity contribution < 1.29 is 19.1 Å². The van der Waals surface area contributed by atoms with Crippen LogP contribution in [0, 0.1) is 5.92 Å². The summed E-state index contributed by atoms with van der Waals surface area (Å²) in [4.78, 5) is 24.9. The maximum Gasteiger partial charge on any atom is 0.408 e. The van der Waals surface area contributed by atoms with Gasteiger partial charge in [0.1, 0.15) is 11.5 Å². The Morgan fingerprint density at radius 3 is 2.24 bits per heavy atom. The molecule has 2 rings (SSSR count). The average Bonchev–Trinajstić information content (AvgIpc) is 2.61. The Balaban J connectivity index is 2.12. The lowest BCUT2D eigenvalue weighted by Gasteiger charge is -2.25. The molecule has 7 heteroatoms. The molecule has 0 saturated carbocycles. The second-order valence-electron chi connectivity index (χ2n) is 8.10. The number of nitrogens with one attached hydrogen (secondary N) is 2. The van der Waals surface area contributed by atoms with Gasteiger partial charge in [0.05, 0.1) is 11.4 Å². The molecule has 0 fully saturated rings. The number of alkyl carbamates (subject to hydrolysis) is 1. The number of nitrogens with two attached hydrogens (primary N) is 1. The predicted octanol–water partition coefficient (Wildman–Crippen LogP) is 4.55. The van der Waals surface area contributed by atoms with E-state index in [-0.39, 0.29) is 5.92 Å². The highest BCUT2D eigenvalue weighted by Crippen LogP contribution is 2.28. The van der Waals surface area contributed by atoms with E-state index in [2.05, 4.69) is 10.6 Å². The van der Waals surface area contributed by atoms with Gasteiger partial charge in [0.15, 0.2) is 6.10 Å². The monoisotopic (exact) mass is 399 g/mol. The summed E-state index contributed by atoms with van der Waals surface area (Å²) < 4.78 is 11.1. The van der Waals surface area contributed by atoms with E-state index in [0.29, 0.717) is 22.9 Å². The third kappa shape index (κ3) is 7.03. The molecule has 0 aromatic heterocycles. The summed E-state index contributed by atoms with van der Waals surface area (Å²) in [6.07, 6.45) is -1.63. The molecule has 0 spiro atoms. The smallest absolute Gasteiger partial charge is 0.408 e. The maximum atomic E-state index is 12.8. The van der Waals surface area contributed by atoms with E-state index >= 15 is 0 Å². The van der Waals surface area contributed by atoms with Crippen LogP contribution in [0.2, 0.25) is 0 Å². The summed E-state index contributed by atoms with van der Waals surface area (Å²) in [5.41, 5.74) is 6.29. The molecule has 0 radical (unpaired) electrons. The molecule has 2 aromatic rings. The van der Waals surface area contributed by atoms with Crippen molar-refractivity contribution in [2.45, 2.75) is 46.3 Å². The van der Waals surface area contributed by atoms with E-state index in [9.17, 15) is 9.59 Å². The van der Waals surface area contributed by atoms with Crippen molar-refractivity contribution in [3.8, 4) is 11.5 Å². The average molecular weight is 399 g/mol. The molecule has 1 atom stereocenters. The first-order valence-corrected chi connectivity index (χ1v) is 9.47. The van der Waals surface area contributed by atoms with Gasteiger partial charge in [0.25, 0.3) is 5.91 Å². The first kappa shape index (κ1) is 22.1. The van der Waals surface area contributed by atoms with Crippen LogP contribution in [0.5, 0.6) is 11.5 Å². The lowest BCUT2D eigenvalue weighted by atomic mass is 10.1. The summed E-state index contributed by atoms with van der Waals surface area (Å²) in [7, 11) is 0. The summed E-state index contributed by atoms with van der Waals surface area (Å²) >= 11 is 0. The van der Waals surface area contributed by atoms with E-state index in [4.69, 9.17) is 15.2 Å². The fourth-order valence-electron chi connectivity index (χ4n) is 2.48. The SMILES string of the molecule is CC(C)[C@H](OC(=O)NC(C)(C)C)C(=O)Nc1cc(Oc2ccccc2)ccc1N. The van der Waals surface area contributed by atoms with Crippen molar-refractivity contribution >= 4 is 23.4 Å². The molecule has 0 aliphatic carbocycles. The zero-order valence-corrected chi connectivity index (χ0v) is 17.5. The molecular formula is C22H29N3O4. The highest BCUT2D eigenvalue weighted by molar-refractivity contribution is 5.98. The highest BCUT2D eigenvalue weighted by atomic mass is 16.6. The van der Waals surface area contributed by atoms with Gasteiger partial charge in [-0.2, -0.15) is 0 Å². The fourth-order valence-corrected chi connectivity index (χ4v) is 2.48. The van der Waals surface area contributed by atoms with Crippen LogP contribution in [0.1, 0.15) is 34.6 Å². The van der Waals surface area contributed by atoms with Gasteiger partial charge < -0.3 is 25.8 Å². The minimum absolute atomic E-state index is 0.231. The summed E-state index contributed by atoms with van der Waals surface area (Å²) in [5.74, 6) is 0.489. The molecule has 0 bridgehead atoms. The zero-order valence-electron chi connectivity index (χ0n) is 17.5. The van der Waals surface area contributed by atoms with E-state index in [0.717, 1.165) is 0 Å². The normalized spacial score (nSPS) is 12.2. The van der Waals surface area contributed by atoms with Gasteiger partial charge in [0.2, 0.25) is 0 Å². The van der Waals surface area contributed by atoms with E-state index in [1.54, 1.807) is 32.0 Å². The van der Waals surface area contributed by atoms with E-state index in [1.807, 2.05) is 51.1 Å². The van der Waals surface area contributed by atoms with Crippen LogP contribution in [0.4, 0.5) is 16.2 Å². The van der Waals surface area contributed by atoms with E-state index in [1.165, 1.54) is 0 Å². The zero-order chi connectivity index (χ0) is 21.6. The maximum absolute atomic E-state index is 12.8. The van der Waals surface area contributed by atoms with Crippen molar-refractivity contribution in [3.63, 3.8) is 0 Å². The van der Waals surface area contributed by atoms with Gasteiger partial charge >= 0.3 is 6.09 Å². The topological polar surface area (TPSA) is 103 Å². The summed E-state index contributed by atoms with van der Waals surface area (Å²) in [6, 6.07) is 14.3.